The molecule has 0 aromatic carbocycles. The molecule has 0 aliphatic rings. The third kappa shape index (κ3) is 4.44. The number of nitrogens with one attached hydrogen (secondary N) is 2. The first-order valence-electron chi connectivity index (χ1n) is 6.43. The van der Waals surface area contributed by atoms with Crippen molar-refractivity contribution in [2.75, 3.05) is 13.1 Å². The van der Waals surface area contributed by atoms with Crippen LogP contribution in [0.1, 0.15) is 39.4 Å². The zero-order valence-electron chi connectivity index (χ0n) is 11.6. The van der Waals surface area contributed by atoms with E-state index in [-0.39, 0.29) is 11.9 Å². The molecule has 0 saturated heterocycles. The Morgan fingerprint density at radius 2 is 2.17 bits per heavy atom. The van der Waals surface area contributed by atoms with Gasteiger partial charge in [0.05, 0.1) is 11.9 Å². The number of hydrogen-bond acceptors (Lipinski definition) is 4. The van der Waals surface area contributed by atoms with Crippen LogP contribution in [0.4, 0.5) is 0 Å². The molecular formula is C12H23N5O. The summed E-state index contributed by atoms with van der Waals surface area (Å²) in [5.41, 5.74) is 0.854. The minimum atomic E-state index is -0.323. The Bertz CT molecular complexity index is 374. The maximum absolute atomic E-state index is 11.6. The van der Waals surface area contributed by atoms with Crippen molar-refractivity contribution in [1.29, 1.82) is 0 Å². The predicted octanol–water partition coefficient (Wildman–Crippen LogP) is 0.721. The summed E-state index contributed by atoms with van der Waals surface area (Å²) in [7, 11) is 0. The minimum Gasteiger partial charge on any atom is -0.355 e. The molecule has 0 aliphatic heterocycles. The Kier molecular flexibility index (Phi) is 5.77. The summed E-state index contributed by atoms with van der Waals surface area (Å²) in [6.07, 6.45) is 1.81. The van der Waals surface area contributed by atoms with Crippen molar-refractivity contribution in [3.8, 4) is 0 Å². The monoisotopic (exact) mass is 253 g/mol. The average Bonchev–Trinajstić information content (AvgIpc) is 2.76. The molecule has 6 heteroatoms. The number of aromatic nitrogens is 3. The smallest absolute Gasteiger partial charge is 0.244 e. The van der Waals surface area contributed by atoms with Gasteiger partial charge in [0.1, 0.15) is 6.04 Å². The Hall–Kier alpha value is -1.43. The van der Waals surface area contributed by atoms with Gasteiger partial charge in [-0.2, -0.15) is 0 Å². The number of nitrogens with zero attached hydrogens (tertiary/aromatic N) is 3. The molecule has 0 radical (unpaired) electrons. The van der Waals surface area contributed by atoms with Gasteiger partial charge in [-0.25, -0.2) is 4.68 Å². The Morgan fingerprint density at radius 1 is 1.44 bits per heavy atom. The van der Waals surface area contributed by atoms with Crippen molar-refractivity contribution in [3.63, 3.8) is 0 Å². The van der Waals surface area contributed by atoms with Crippen LogP contribution >= 0.6 is 0 Å². The summed E-state index contributed by atoms with van der Waals surface area (Å²) in [6, 6.07) is -0.323. The number of hydrogen-bond donors (Lipinski definition) is 2. The van der Waals surface area contributed by atoms with Gasteiger partial charge < -0.3 is 10.6 Å². The second-order valence-corrected chi connectivity index (χ2v) is 4.79. The fourth-order valence-electron chi connectivity index (χ4n) is 1.51. The van der Waals surface area contributed by atoms with Crippen LogP contribution in [-0.4, -0.2) is 34.0 Å². The van der Waals surface area contributed by atoms with E-state index >= 15 is 0 Å². The largest absolute Gasteiger partial charge is 0.355 e. The van der Waals surface area contributed by atoms with Gasteiger partial charge in [0.2, 0.25) is 5.91 Å². The van der Waals surface area contributed by atoms with Crippen LogP contribution in [0, 0.1) is 5.92 Å². The number of amides is 1. The van der Waals surface area contributed by atoms with E-state index in [2.05, 4.69) is 34.8 Å². The first-order valence-corrected chi connectivity index (χ1v) is 6.43. The van der Waals surface area contributed by atoms with Gasteiger partial charge in [-0.1, -0.05) is 19.1 Å². The maximum atomic E-state index is 11.6. The second-order valence-electron chi connectivity index (χ2n) is 4.79. The van der Waals surface area contributed by atoms with Crippen molar-refractivity contribution >= 4 is 5.91 Å². The molecule has 2 N–H and O–H groups in total. The lowest BCUT2D eigenvalue weighted by molar-refractivity contribution is -0.124. The van der Waals surface area contributed by atoms with Crippen molar-refractivity contribution in [2.45, 2.75) is 40.3 Å². The third-order valence-electron chi connectivity index (χ3n) is 2.54. The molecule has 0 aliphatic carbocycles. The van der Waals surface area contributed by atoms with E-state index < -0.39 is 0 Å². The SMILES string of the molecule is CCNC(=O)C(C)n1cc(CNCC(C)C)nn1. The second kappa shape index (κ2) is 7.10. The third-order valence-corrected chi connectivity index (χ3v) is 2.54. The summed E-state index contributed by atoms with van der Waals surface area (Å²) in [4.78, 5) is 11.6. The first kappa shape index (κ1) is 14.6. The van der Waals surface area contributed by atoms with Crippen LogP contribution < -0.4 is 10.6 Å². The number of carbonyl (C=O) groups excluding carboxylic acids is 1. The Morgan fingerprint density at radius 3 is 2.78 bits per heavy atom. The minimum absolute atomic E-state index is 0.0379. The predicted molar refractivity (Wildman–Crippen MR) is 70.0 cm³/mol. The average molecular weight is 253 g/mol. The van der Waals surface area contributed by atoms with Crippen LogP contribution in [-0.2, 0) is 11.3 Å². The fraction of sp³-hybridized carbons (Fsp3) is 0.750. The molecule has 1 aromatic heterocycles. The van der Waals surface area contributed by atoms with Crippen molar-refractivity contribution in [2.24, 2.45) is 5.92 Å². The molecule has 1 heterocycles. The van der Waals surface area contributed by atoms with E-state index in [1.54, 1.807) is 4.68 Å². The molecule has 0 fully saturated rings. The van der Waals surface area contributed by atoms with Gasteiger partial charge in [-0.05, 0) is 26.3 Å². The topological polar surface area (TPSA) is 71.8 Å². The normalized spacial score (nSPS) is 12.7. The first-order chi connectivity index (χ1) is 8.54. The molecule has 0 bridgehead atoms. The van der Waals surface area contributed by atoms with Crippen LogP contribution in [0.15, 0.2) is 6.20 Å². The lowest BCUT2D eigenvalue weighted by Crippen LogP contribution is -2.31. The molecule has 1 amide bonds. The van der Waals surface area contributed by atoms with Crippen LogP contribution in [0.25, 0.3) is 0 Å². The number of carbonyl (C=O) groups is 1. The van der Waals surface area contributed by atoms with Gasteiger partial charge in [0.15, 0.2) is 0 Å². The Balaban J connectivity index is 2.49. The summed E-state index contributed by atoms with van der Waals surface area (Å²) < 4.78 is 1.59. The van der Waals surface area contributed by atoms with E-state index in [1.165, 1.54) is 0 Å². The van der Waals surface area contributed by atoms with Crippen LogP contribution in [0.5, 0.6) is 0 Å². The molecule has 102 valence electrons. The van der Waals surface area contributed by atoms with E-state index in [0.717, 1.165) is 12.2 Å². The molecule has 1 unspecified atom stereocenters. The van der Waals surface area contributed by atoms with Crippen molar-refractivity contribution in [1.82, 2.24) is 25.6 Å². The fourth-order valence-corrected chi connectivity index (χ4v) is 1.51. The van der Waals surface area contributed by atoms with Crippen molar-refractivity contribution < 1.29 is 4.79 Å². The van der Waals surface area contributed by atoms with E-state index in [4.69, 9.17) is 0 Å². The molecule has 1 rings (SSSR count). The van der Waals surface area contributed by atoms with Gasteiger partial charge in [0.25, 0.3) is 0 Å². The Labute approximate surface area is 108 Å². The van der Waals surface area contributed by atoms with Crippen molar-refractivity contribution in [3.05, 3.63) is 11.9 Å². The summed E-state index contributed by atoms with van der Waals surface area (Å²) in [5, 5.41) is 14.1. The van der Waals surface area contributed by atoms with Gasteiger partial charge in [-0.3, -0.25) is 4.79 Å². The molecule has 18 heavy (non-hydrogen) atoms. The molecule has 0 saturated carbocycles. The molecular weight excluding hydrogens is 230 g/mol. The van der Waals surface area contributed by atoms with E-state index in [9.17, 15) is 4.79 Å². The highest BCUT2D eigenvalue weighted by Crippen LogP contribution is 2.04. The molecule has 1 atom stereocenters. The number of likely N-dealkylation sites (N-methyl/N-ethyl adjacent to an activating group) is 1. The lowest BCUT2D eigenvalue weighted by Gasteiger charge is -2.10. The maximum Gasteiger partial charge on any atom is 0.244 e. The van der Waals surface area contributed by atoms with Gasteiger partial charge >= 0.3 is 0 Å². The van der Waals surface area contributed by atoms with Gasteiger partial charge in [-0.15, -0.1) is 5.10 Å². The van der Waals surface area contributed by atoms with Crippen LogP contribution in [0.3, 0.4) is 0 Å². The summed E-state index contributed by atoms with van der Waals surface area (Å²) in [6.45, 7) is 10.3. The lowest BCUT2D eigenvalue weighted by atomic mass is 10.2. The number of rotatable bonds is 7. The van der Waals surface area contributed by atoms with Gasteiger partial charge in [0, 0.05) is 13.1 Å². The highest BCUT2D eigenvalue weighted by Gasteiger charge is 2.15. The molecule has 6 nitrogen and oxygen atoms in total. The highest BCUT2D eigenvalue weighted by molar-refractivity contribution is 5.79. The highest BCUT2D eigenvalue weighted by atomic mass is 16.2. The van der Waals surface area contributed by atoms with E-state index in [1.807, 2.05) is 20.0 Å². The zero-order chi connectivity index (χ0) is 13.5. The standard InChI is InChI=1S/C12H23N5O/c1-5-14-12(18)10(4)17-8-11(15-16-17)7-13-6-9(2)3/h8-10,13H,5-7H2,1-4H3,(H,14,18). The zero-order valence-corrected chi connectivity index (χ0v) is 11.6. The quantitative estimate of drug-likeness (QED) is 0.751. The molecule has 1 aromatic rings. The summed E-state index contributed by atoms with van der Waals surface area (Å²) >= 11 is 0. The van der Waals surface area contributed by atoms with E-state index in [0.29, 0.717) is 19.0 Å². The molecule has 0 spiro atoms. The van der Waals surface area contributed by atoms with Crippen LogP contribution in [0.2, 0.25) is 0 Å². The summed E-state index contributed by atoms with van der Waals surface area (Å²) in [5.74, 6) is 0.568.